The van der Waals surface area contributed by atoms with Gasteiger partial charge in [-0.15, -0.1) is 0 Å². The van der Waals surface area contributed by atoms with E-state index in [0.717, 1.165) is 28.3 Å². The van der Waals surface area contributed by atoms with Crippen LogP contribution >= 0.6 is 0 Å². The van der Waals surface area contributed by atoms with Crippen molar-refractivity contribution >= 4 is 0 Å². The SMILES string of the molecule is Cc1cc2c(cc1-c1cnc(C(C)(C)O)[nH]1)OCO2. The lowest BCUT2D eigenvalue weighted by atomic mass is 10.1. The summed E-state index contributed by atoms with van der Waals surface area (Å²) < 4.78 is 10.7. The minimum absolute atomic E-state index is 0.260. The first-order valence-electron chi connectivity index (χ1n) is 6.13. The van der Waals surface area contributed by atoms with Gasteiger partial charge < -0.3 is 19.6 Å². The van der Waals surface area contributed by atoms with Gasteiger partial charge in [0.15, 0.2) is 11.5 Å². The maximum Gasteiger partial charge on any atom is 0.231 e. The van der Waals surface area contributed by atoms with Gasteiger partial charge in [-0.3, -0.25) is 0 Å². The zero-order valence-electron chi connectivity index (χ0n) is 11.2. The maximum absolute atomic E-state index is 9.93. The Morgan fingerprint density at radius 3 is 2.58 bits per heavy atom. The summed E-state index contributed by atoms with van der Waals surface area (Å²) in [6.45, 7) is 5.66. The van der Waals surface area contributed by atoms with E-state index in [1.54, 1.807) is 20.0 Å². The van der Waals surface area contributed by atoms with Crippen LogP contribution < -0.4 is 9.47 Å². The van der Waals surface area contributed by atoms with Crippen LogP contribution in [0.25, 0.3) is 11.3 Å². The smallest absolute Gasteiger partial charge is 0.231 e. The third kappa shape index (κ3) is 2.06. The van der Waals surface area contributed by atoms with E-state index in [9.17, 15) is 5.11 Å². The van der Waals surface area contributed by atoms with Crippen LogP contribution in [0, 0.1) is 6.92 Å². The van der Waals surface area contributed by atoms with E-state index >= 15 is 0 Å². The molecule has 19 heavy (non-hydrogen) atoms. The van der Waals surface area contributed by atoms with Crippen molar-refractivity contribution in [3.63, 3.8) is 0 Å². The number of nitrogens with one attached hydrogen (secondary N) is 1. The highest BCUT2D eigenvalue weighted by Crippen LogP contribution is 2.38. The third-order valence-electron chi connectivity index (χ3n) is 3.17. The van der Waals surface area contributed by atoms with Gasteiger partial charge in [0.05, 0.1) is 11.9 Å². The van der Waals surface area contributed by atoms with Crippen molar-refractivity contribution in [3.8, 4) is 22.8 Å². The molecule has 0 spiro atoms. The number of hydrogen-bond acceptors (Lipinski definition) is 4. The van der Waals surface area contributed by atoms with Crippen LogP contribution in [0.2, 0.25) is 0 Å². The van der Waals surface area contributed by atoms with Gasteiger partial charge in [-0.25, -0.2) is 4.98 Å². The lowest BCUT2D eigenvalue weighted by Gasteiger charge is -2.13. The van der Waals surface area contributed by atoms with Crippen LogP contribution in [0.1, 0.15) is 25.2 Å². The Morgan fingerprint density at radius 2 is 1.95 bits per heavy atom. The van der Waals surface area contributed by atoms with Gasteiger partial charge in [-0.2, -0.15) is 0 Å². The molecule has 2 N–H and O–H groups in total. The third-order valence-corrected chi connectivity index (χ3v) is 3.17. The van der Waals surface area contributed by atoms with E-state index < -0.39 is 5.60 Å². The van der Waals surface area contributed by atoms with Gasteiger partial charge in [-0.1, -0.05) is 0 Å². The molecule has 0 radical (unpaired) electrons. The number of aryl methyl sites for hydroxylation is 1. The van der Waals surface area contributed by atoms with Crippen LogP contribution in [0.3, 0.4) is 0 Å². The minimum atomic E-state index is -0.984. The molecule has 100 valence electrons. The van der Waals surface area contributed by atoms with Gasteiger partial charge >= 0.3 is 0 Å². The van der Waals surface area contributed by atoms with Gasteiger partial charge in [0, 0.05) is 5.56 Å². The second kappa shape index (κ2) is 3.99. The molecule has 0 aliphatic carbocycles. The molecule has 0 saturated carbocycles. The number of imidazole rings is 1. The predicted octanol–water partition coefficient (Wildman–Crippen LogP) is 2.34. The van der Waals surface area contributed by atoms with Gasteiger partial charge in [0.2, 0.25) is 6.79 Å². The molecule has 0 saturated heterocycles. The number of aliphatic hydroxyl groups is 1. The van der Waals surface area contributed by atoms with Gasteiger partial charge in [0.25, 0.3) is 0 Å². The van der Waals surface area contributed by atoms with Crippen molar-refractivity contribution in [1.29, 1.82) is 0 Å². The Labute approximate surface area is 111 Å². The number of rotatable bonds is 2. The molecule has 5 nitrogen and oxygen atoms in total. The molecule has 0 atom stereocenters. The number of fused-ring (bicyclic) bond motifs is 1. The second-order valence-corrected chi connectivity index (χ2v) is 5.22. The lowest BCUT2D eigenvalue weighted by molar-refractivity contribution is 0.0697. The van der Waals surface area contributed by atoms with Crippen molar-refractivity contribution in [2.24, 2.45) is 0 Å². The average Bonchev–Trinajstić information content (AvgIpc) is 2.93. The van der Waals surface area contributed by atoms with Crippen LogP contribution in [0.5, 0.6) is 11.5 Å². The van der Waals surface area contributed by atoms with Crippen molar-refractivity contribution in [2.45, 2.75) is 26.4 Å². The number of nitrogens with zero attached hydrogens (tertiary/aromatic N) is 1. The molecule has 0 unspecified atom stereocenters. The summed E-state index contributed by atoms with van der Waals surface area (Å²) in [5.41, 5.74) is 1.93. The Morgan fingerprint density at radius 1 is 1.26 bits per heavy atom. The number of benzene rings is 1. The molecule has 0 bridgehead atoms. The Hall–Kier alpha value is -2.01. The van der Waals surface area contributed by atoms with Gasteiger partial charge in [0.1, 0.15) is 11.4 Å². The molecule has 1 aromatic heterocycles. The fourth-order valence-electron chi connectivity index (χ4n) is 2.10. The molecule has 2 heterocycles. The molecular formula is C14H16N2O3. The molecule has 2 aromatic rings. The first-order valence-corrected chi connectivity index (χ1v) is 6.13. The first kappa shape index (κ1) is 12.0. The number of hydrogen-bond donors (Lipinski definition) is 2. The standard InChI is InChI=1S/C14H16N2O3/c1-8-4-11-12(19-7-18-11)5-9(8)10-6-15-13(16-10)14(2,3)17/h4-6,17H,7H2,1-3H3,(H,15,16). The normalized spacial score (nSPS) is 13.9. The quantitative estimate of drug-likeness (QED) is 0.869. The lowest BCUT2D eigenvalue weighted by Crippen LogP contribution is -2.17. The topological polar surface area (TPSA) is 67.4 Å². The van der Waals surface area contributed by atoms with Crippen LogP contribution in [-0.4, -0.2) is 21.9 Å². The number of ether oxygens (including phenoxy) is 2. The number of aromatic nitrogens is 2. The fraction of sp³-hybridized carbons (Fsp3) is 0.357. The van der Waals surface area contributed by atoms with Crippen LogP contribution in [-0.2, 0) is 5.60 Å². The molecule has 1 aromatic carbocycles. The highest BCUT2D eigenvalue weighted by molar-refractivity contribution is 5.68. The highest BCUT2D eigenvalue weighted by atomic mass is 16.7. The summed E-state index contributed by atoms with van der Waals surface area (Å²) in [6, 6.07) is 3.88. The minimum Gasteiger partial charge on any atom is -0.454 e. The summed E-state index contributed by atoms with van der Waals surface area (Å²) in [4.78, 5) is 7.36. The fourth-order valence-corrected chi connectivity index (χ4v) is 2.10. The average molecular weight is 260 g/mol. The second-order valence-electron chi connectivity index (χ2n) is 5.22. The maximum atomic E-state index is 9.93. The van der Waals surface area contributed by atoms with E-state index in [2.05, 4.69) is 9.97 Å². The van der Waals surface area contributed by atoms with Crippen molar-refractivity contribution in [1.82, 2.24) is 9.97 Å². The Kier molecular flexibility index (Phi) is 2.53. The first-order chi connectivity index (χ1) is 8.95. The molecule has 5 heteroatoms. The van der Waals surface area contributed by atoms with E-state index in [0.29, 0.717) is 5.82 Å². The monoisotopic (exact) mass is 260 g/mol. The molecule has 1 aliphatic heterocycles. The molecule has 0 fully saturated rings. The summed E-state index contributed by atoms with van der Waals surface area (Å²) >= 11 is 0. The Bertz CT molecular complexity index is 626. The molecule has 0 amide bonds. The van der Waals surface area contributed by atoms with Crippen LogP contribution in [0.15, 0.2) is 18.3 Å². The van der Waals surface area contributed by atoms with Crippen molar-refractivity contribution in [2.75, 3.05) is 6.79 Å². The van der Waals surface area contributed by atoms with E-state index in [-0.39, 0.29) is 6.79 Å². The van der Waals surface area contributed by atoms with E-state index in [1.807, 2.05) is 19.1 Å². The molecule has 3 rings (SSSR count). The van der Waals surface area contributed by atoms with Crippen molar-refractivity contribution in [3.05, 3.63) is 29.7 Å². The highest BCUT2D eigenvalue weighted by Gasteiger charge is 2.22. The largest absolute Gasteiger partial charge is 0.454 e. The number of aromatic amines is 1. The summed E-state index contributed by atoms with van der Waals surface area (Å²) in [6.07, 6.45) is 1.72. The van der Waals surface area contributed by atoms with Crippen molar-refractivity contribution < 1.29 is 14.6 Å². The Balaban J connectivity index is 2.05. The zero-order valence-corrected chi connectivity index (χ0v) is 11.2. The summed E-state index contributed by atoms with van der Waals surface area (Å²) in [7, 11) is 0. The molecule has 1 aliphatic rings. The summed E-state index contributed by atoms with van der Waals surface area (Å²) in [5.74, 6) is 2.04. The van der Waals surface area contributed by atoms with E-state index in [1.165, 1.54) is 0 Å². The predicted molar refractivity (Wildman–Crippen MR) is 70.1 cm³/mol. The van der Waals surface area contributed by atoms with E-state index in [4.69, 9.17) is 9.47 Å². The summed E-state index contributed by atoms with van der Waals surface area (Å²) in [5, 5.41) is 9.93. The van der Waals surface area contributed by atoms with Gasteiger partial charge in [-0.05, 0) is 38.5 Å². The van der Waals surface area contributed by atoms with Crippen LogP contribution in [0.4, 0.5) is 0 Å². The zero-order chi connectivity index (χ0) is 13.6. The number of H-pyrrole nitrogens is 1. The molecular weight excluding hydrogens is 244 g/mol.